The van der Waals surface area contributed by atoms with E-state index in [1.165, 1.54) is 0 Å². The molecule has 0 aromatic heterocycles. The highest BCUT2D eigenvalue weighted by atomic mass is 16.5. The molecule has 0 heterocycles. The monoisotopic (exact) mass is 221 g/mol. The van der Waals surface area contributed by atoms with Crippen LogP contribution < -0.4 is 10.5 Å². The second kappa shape index (κ2) is 5.35. The Kier molecular flexibility index (Phi) is 4.36. The van der Waals surface area contributed by atoms with Gasteiger partial charge in [0, 0.05) is 5.54 Å². The third-order valence-electron chi connectivity index (χ3n) is 3.16. The first-order valence-corrected chi connectivity index (χ1v) is 6.05. The van der Waals surface area contributed by atoms with E-state index in [1.807, 2.05) is 12.1 Å². The van der Waals surface area contributed by atoms with Crippen LogP contribution in [0.15, 0.2) is 24.3 Å². The molecule has 0 amide bonds. The standard InChI is InChI=1S/C14H23NO/c1-5-11(3)16-13-9-7-12(8-10-13)14(4,15)6-2/h7-11H,5-6,15H2,1-4H3. The van der Waals surface area contributed by atoms with Gasteiger partial charge in [-0.05, 0) is 44.4 Å². The number of nitrogens with two attached hydrogens (primary N) is 1. The van der Waals surface area contributed by atoms with E-state index in [0.29, 0.717) is 0 Å². The van der Waals surface area contributed by atoms with Gasteiger partial charge in [-0.3, -0.25) is 0 Å². The summed E-state index contributed by atoms with van der Waals surface area (Å²) in [4.78, 5) is 0. The molecule has 2 atom stereocenters. The predicted molar refractivity (Wildman–Crippen MR) is 68.7 cm³/mol. The zero-order valence-electron chi connectivity index (χ0n) is 10.8. The van der Waals surface area contributed by atoms with Crippen LogP contribution in [0, 0.1) is 0 Å². The van der Waals surface area contributed by atoms with Crippen molar-refractivity contribution >= 4 is 0 Å². The van der Waals surface area contributed by atoms with E-state index >= 15 is 0 Å². The van der Waals surface area contributed by atoms with E-state index in [2.05, 4.69) is 39.8 Å². The maximum atomic E-state index is 6.17. The van der Waals surface area contributed by atoms with Crippen LogP contribution >= 0.6 is 0 Å². The van der Waals surface area contributed by atoms with Crippen molar-refractivity contribution in [2.75, 3.05) is 0 Å². The summed E-state index contributed by atoms with van der Waals surface area (Å²) in [5.41, 5.74) is 7.09. The highest BCUT2D eigenvalue weighted by Crippen LogP contribution is 2.24. The topological polar surface area (TPSA) is 35.2 Å². The quantitative estimate of drug-likeness (QED) is 0.826. The Balaban J connectivity index is 2.75. The highest BCUT2D eigenvalue weighted by molar-refractivity contribution is 5.31. The van der Waals surface area contributed by atoms with Gasteiger partial charge in [-0.15, -0.1) is 0 Å². The molecule has 0 spiro atoms. The van der Waals surface area contributed by atoms with Crippen LogP contribution in [-0.4, -0.2) is 6.10 Å². The number of ether oxygens (including phenoxy) is 1. The van der Waals surface area contributed by atoms with Gasteiger partial charge in [0.15, 0.2) is 0 Å². The maximum Gasteiger partial charge on any atom is 0.119 e. The summed E-state index contributed by atoms with van der Waals surface area (Å²) in [5, 5.41) is 0. The van der Waals surface area contributed by atoms with Crippen LogP contribution in [0.2, 0.25) is 0 Å². The van der Waals surface area contributed by atoms with Crippen LogP contribution in [0.1, 0.15) is 46.1 Å². The molecule has 0 radical (unpaired) electrons. The molecule has 0 saturated carbocycles. The van der Waals surface area contributed by atoms with Gasteiger partial charge < -0.3 is 10.5 Å². The lowest BCUT2D eigenvalue weighted by molar-refractivity contribution is 0.217. The number of hydrogen-bond acceptors (Lipinski definition) is 2. The summed E-state index contributed by atoms with van der Waals surface area (Å²) in [6.45, 7) is 8.35. The highest BCUT2D eigenvalue weighted by Gasteiger charge is 2.18. The summed E-state index contributed by atoms with van der Waals surface area (Å²) >= 11 is 0. The van der Waals surface area contributed by atoms with E-state index in [0.717, 1.165) is 24.2 Å². The third kappa shape index (κ3) is 3.24. The molecule has 1 rings (SSSR count). The van der Waals surface area contributed by atoms with Gasteiger partial charge in [-0.1, -0.05) is 26.0 Å². The molecular weight excluding hydrogens is 198 g/mol. The lowest BCUT2D eigenvalue weighted by Crippen LogP contribution is -2.31. The van der Waals surface area contributed by atoms with Crippen LogP contribution in [0.4, 0.5) is 0 Å². The summed E-state index contributed by atoms with van der Waals surface area (Å²) in [5.74, 6) is 0.921. The Morgan fingerprint density at radius 2 is 1.81 bits per heavy atom. The van der Waals surface area contributed by atoms with Gasteiger partial charge in [0.25, 0.3) is 0 Å². The van der Waals surface area contributed by atoms with Gasteiger partial charge in [-0.25, -0.2) is 0 Å². The molecule has 16 heavy (non-hydrogen) atoms. The lowest BCUT2D eigenvalue weighted by atomic mass is 9.91. The van der Waals surface area contributed by atoms with Gasteiger partial charge in [0.2, 0.25) is 0 Å². The molecule has 0 saturated heterocycles. The first kappa shape index (κ1) is 13.0. The molecule has 0 fully saturated rings. The Labute approximate surface area is 98.8 Å². The Hall–Kier alpha value is -1.02. The fraction of sp³-hybridized carbons (Fsp3) is 0.571. The fourth-order valence-corrected chi connectivity index (χ4v) is 1.43. The molecule has 0 aliphatic rings. The van der Waals surface area contributed by atoms with E-state index in [9.17, 15) is 0 Å². The first-order valence-electron chi connectivity index (χ1n) is 6.05. The minimum atomic E-state index is -0.241. The minimum absolute atomic E-state index is 0.241. The predicted octanol–water partition coefficient (Wildman–Crippen LogP) is 3.45. The van der Waals surface area contributed by atoms with Gasteiger partial charge >= 0.3 is 0 Å². The van der Waals surface area contributed by atoms with Crippen LogP contribution in [0.25, 0.3) is 0 Å². The molecule has 0 aliphatic heterocycles. The SMILES string of the molecule is CCC(C)Oc1ccc(C(C)(N)CC)cc1. The summed E-state index contributed by atoms with van der Waals surface area (Å²) in [6.07, 6.45) is 2.21. The van der Waals surface area contributed by atoms with Gasteiger partial charge in [0.1, 0.15) is 5.75 Å². The molecule has 0 bridgehead atoms. The van der Waals surface area contributed by atoms with Crippen LogP contribution in [-0.2, 0) is 5.54 Å². The van der Waals surface area contributed by atoms with Crippen LogP contribution in [0.5, 0.6) is 5.75 Å². The second-order valence-electron chi connectivity index (χ2n) is 4.63. The number of hydrogen-bond donors (Lipinski definition) is 1. The summed E-state index contributed by atoms with van der Waals surface area (Å²) in [7, 11) is 0. The van der Waals surface area contributed by atoms with Crippen molar-refractivity contribution in [3.63, 3.8) is 0 Å². The fourth-order valence-electron chi connectivity index (χ4n) is 1.43. The van der Waals surface area contributed by atoms with Crippen molar-refractivity contribution in [3.8, 4) is 5.75 Å². The molecule has 2 unspecified atom stereocenters. The number of benzene rings is 1. The Bertz CT molecular complexity index is 316. The Morgan fingerprint density at radius 1 is 1.25 bits per heavy atom. The smallest absolute Gasteiger partial charge is 0.119 e. The van der Waals surface area contributed by atoms with Crippen molar-refractivity contribution in [3.05, 3.63) is 29.8 Å². The molecule has 1 aromatic rings. The average Bonchev–Trinajstić information content (AvgIpc) is 2.29. The minimum Gasteiger partial charge on any atom is -0.491 e. The van der Waals surface area contributed by atoms with Crippen molar-refractivity contribution < 1.29 is 4.74 Å². The van der Waals surface area contributed by atoms with Crippen molar-refractivity contribution in [2.24, 2.45) is 5.73 Å². The van der Waals surface area contributed by atoms with Crippen molar-refractivity contribution in [2.45, 2.75) is 52.2 Å². The zero-order valence-corrected chi connectivity index (χ0v) is 10.8. The summed E-state index contributed by atoms with van der Waals surface area (Å²) < 4.78 is 5.72. The molecule has 2 nitrogen and oxygen atoms in total. The lowest BCUT2D eigenvalue weighted by Gasteiger charge is -2.23. The average molecular weight is 221 g/mol. The number of rotatable bonds is 5. The molecule has 1 aromatic carbocycles. The maximum absolute atomic E-state index is 6.17. The van der Waals surface area contributed by atoms with E-state index in [4.69, 9.17) is 10.5 Å². The molecule has 2 heteroatoms. The van der Waals surface area contributed by atoms with Gasteiger partial charge in [0.05, 0.1) is 6.10 Å². The largest absolute Gasteiger partial charge is 0.491 e. The Morgan fingerprint density at radius 3 is 2.25 bits per heavy atom. The second-order valence-corrected chi connectivity index (χ2v) is 4.63. The van der Waals surface area contributed by atoms with Crippen molar-refractivity contribution in [1.82, 2.24) is 0 Å². The zero-order chi connectivity index (χ0) is 12.2. The molecule has 90 valence electrons. The van der Waals surface area contributed by atoms with Crippen LogP contribution in [0.3, 0.4) is 0 Å². The van der Waals surface area contributed by atoms with E-state index in [1.54, 1.807) is 0 Å². The van der Waals surface area contributed by atoms with E-state index in [-0.39, 0.29) is 11.6 Å². The van der Waals surface area contributed by atoms with Gasteiger partial charge in [-0.2, -0.15) is 0 Å². The normalized spacial score (nSPS) is 16.6. The summed E-state index contributed by atoms with van der Waals surface area (Å²) in [6, 6.07) is 8.12. The third-order valence-corrected chi connectivity index (χ3v) is 3.16. The first-order chi connectivity index (χ1) is 7.49. The van der Waals surface area contributed by atoms with Crippen molar-refractivity contribution in [1.29, 1.82) is 0 Å². The molecule has 0 aliphatic carbocycles. The molecular formula is C14H23NO. The molecule has 2 N–H and O–H groups in total. The van der Waals surface area contributed by atoms with E-state index < -0.39 is 0 Å².